The molecular formula is C9H11N3O4. The molecule has 0 saturated heterocycles. The maximum absolute atomic E-state index is 10.6. The van der Waals surface area contributed by atoms with Crippen molar-refractivity contribution in [3.63, 3.8) is 0 Å². The van der Waals surface area contributed by atoms with Crippen molar-refractivity contribution >= 4 is 11.6 Å². The van der Waals surface area contributed by atoms with Crippen LogP contribution in [-0.2, 0) is 4.79 Å². The van der Waals surface area contributed by atoms with E-state index in [0.29, 0.717) is 5.56 Å². The van der Waals surface area contributed by atoms with Crippen molar-refractivity contribution in [2.45, 2.75) is 12.5 Å². The number of carbonyl (C=O) groups excluding carboxylic acids is 1. The third-order valence-corrected chi connectivity index (χ3v) is 2.05. The molecule has 0 aromatic heterocycles. The smallest absolute Gasteiger partial charge is 0.311 e. The Morgan fingerprint density at radius 3 is 2.69 bits per heavy atom. The summed E-state index contributed by atoms with van der Waals surface area (Å²) in [4.78, 5) is 20.4. The normalized spacial score (nSPS) is 12.1. The SMILES string of the molecule is NC(=O)CC(N)c1ccc(O)c([N+](=O)[O-])c1. The average molecular weight is 225 g/mol. The molecule has 0 spiro atoms. The second kappa shape index (κ2) is 4.58. The maximum Gasteiger partial charge on any atom is 0.311 e. The summed E-state index contributed by atoms with van der Waals surface area (Å²) in [6.07, 6.45) is -0.109. The summed E-state index contributed by atoms with van der Waals surface area (Å²) in [6, 6.07) is 2.99. The number of nitrogens with zero attached hydrogens (tertiary/aromatic N) is 1. The predicted octanol–water partition coefficient (Wildman–Crippen LogP) is 0.176. The minimum absolute atomic E-state index is 0.109. The number of amides is 1. The summed E-state index contributed by atoms with van der Waals surface area (Å²) in [5.74, 6) is -1.04. The highest BCUT2D eigenvalue weighted by Gasteiger charge is 2.17. The fourth-order valence-electron chi connectivity index (χ4n) is 1.25. The van der Waals surface area contributed by atoms with Gasteiger partial charge in [-0.3, -0.25) is 14.9 Å². The van der Waals surface area contributed by atoms with Gasteiger partial charge < -0.3 is 16.6 Å². The van der Waals surface area contributed by atoms with Gasteiger partial charge in [0.15, 0.2) is 5.75 Å². The third kappa shape index (κ3) is 2.67. The van der Waals surface area contributed by atoms with E-state index in [2.05, 4.69) is 0 Å². The summed E-state index contributed by atoms with van der Waals surface area (Å²) in [6.45, 7) is 0. The zero-order chi connectivity index (χ0) is 12.3. The highest BCUT2D eigenvalue weighted by Crippen LogP contribution is 2.28. The molecule has 5 N–H and O–H groups in total. The van der Waals surface area contributed by atoms with E-state index in [0.717, 1.165) is 12.1 Å². The molecule has 86 valence electrons. The maximum atomic E-state index is 10.6. The Bertz CT molecular complexity index is 433. The Labute approximate surface area is 90.8 Å². The number of phenols is 1. The van der Waals surface area contributed by atoms with Crippen LogP contribution in [0.4, 0.5) is 5.69 Å². The van der Waals surface area contributed by atoms with Gasteiger partial charge in [0, 0.05) is 18.5 Å². The molecule has 0 aliphatic carbocycles. The van der Waals surface area contributed by atoms with Gasteiger partial charge >= 0.3 is 5.69 Å². The number of hydrogen-bond acceptors (Lipinski definition) is 5. The first-order chi connectivity index (χ1) is 7.41. The van der Waals surface area contributed by atoms with Crippen LogP contribution in [0.3, 0.4) is 0 Å². The lowest BCUT2D eigenvalue weighted by molar-refractivity contribution is -0.385. The van der Waals surface area contributed by atoms with E-state index < -0.39 is 28.3 Å². The second-order valence-corrected chi connectivity index (χ2v) is 3.28. The predicted molar refractivity (Wildman–Crippen MR) is 55.5 cm³/mol. The zero-order valence-corrected chi connectivity index (χ0v) is 8.29. The summed E-state index contributed by atoms with van der Waals surface area (Å²) in [5, 5.41) is 19.7. The molecular weight excluding hydrogens is 214 g/mol. The minimum atomic E-state index is -0.726. The lowest BCUT2D eigenvalue weighted by atomic mass is 10.0. The van der Waals surface area contributed by atoms with Gasteiger partial charge in [0.2, 0.25) is 5.91 Å². The van der Waals surface area contributed by atoms with Crippen LogP contribution >= 0.6 is 0 Å². The molecule has 0 aliphatic heterocycles. The van der Waals surface area contributed by atoms with Gasteiger partial charge in [0.05, 0.1) is 4.92 Å². The largest absolute Gasteiger partial charge is 0.502 e. The fraction of sp³-hybridized carbons (Fsp3) is 0.222. The number of rotatable bonds is 4. The number of hydrogen-bond donors (Lipinski definition) is 3. The summed E-state index contributed by atoms with van der Waals surface area (Å²) < 4.78 is 0. The Kier molecular flexibility index (Phi) is 3.41. The highest BCUT2D eigenvalue weighted by atomic mass is 16.6. The average Bonchev–Trinajstić information content (AvgIpc) is 2.16. The lowest BCUT2D eigenvalue weighted by Crippen LogP contribution is -2.20. The van der Waals surface area contributed by atoms with Crippen LogP contribution in [0.2, 0.25) is 0 Å². The van der Waals surface area contributed by atoms with Gasteiger partial charge in [-0.05, 0) is 11.6 Å². The van der Waals surface area contributed by atoms with Crippen LogP contribution in [0.5, 0.6) is 5.75 Å². The summed E-state index contributed by atoms with van der Waals surface area (Å²) in [7, 11) is 0. The van der Waals surface area contributed by atoms with Crippen LogP contribution in [0.15, 0.2) is 18.2 Å². The van der Waals surface area contributed by atoms with Gasteiger partial charge in [-0.25, -0.2) is 0 Å². The Morgan fingerprint density at radius 2 is 2.19 bits per heavy atom. The van der Waals surface area contributed by atoms with Crippen molar-refractivity contribution in [1.29, 1.82) is 0 Å². The molecule has 16 heavy (non-hydrogen) atoms. The van der Waals surface area contributed by atoms with E-state index in [1.54, 1.807) is 0 Å². The second-order valence-electron chi connectivity index (χ2n) is 3.28. The lowest BCUT2D eigenvalue weighted by Gasteiger charge is -2.09. The quantitative estimate of drug-likeness (QED) is 0.496. The summed E-state index contributed by atoms with van der Waals surface area (Å²) in [5.41, 5.74) is 10.5. The van der Waals surface area contributed by atoms with Crippen molar-refractivity contribution in [1.82, 2.24) is 0 Å². The summed E-state index contributed by atoms with van der Waals surface area (Å²) >= 11 is 0. The van der Waals surface area contributed by atoms with E-state index >= 15 is 0 Å². The van der Waals surface area contributed by atoms with Gasteiger partial charge in [-0.15, -0.1) is 0 Å². The molecule has 1 aromatic rings. The van der Waals surface area contributed by atoms with Crippen LogP contribution in [-0.4, -0.2) is 15.9 Å². The molecule has 0 saturated carbocycles. The van der Waals surface area contributed by atoms with Crippen LogP contribution in [0.25, 0.3) is 0 Å². The van der Waals surface area contributed by atoms with Crippen molar-refractivity contribution in [2.24, 2.45) is 11.5 Å². The van der Waals surface area contributed by atoms with Gasteiger partial charge in [-0.2, -0.15) is 0 Å². The Balaban J connectivity index is 3.02. The van der Waals surface area contributed by atoms with Crippen LogP contribution < -0.4 is 11.5 Å². The molecule has 7 nitrogen and oxygen atoms in total. The van der Waals surface area contributed by atoms with Gasteiger partial charge in [-0.1, -0.05) is 6.07 Å². The molecule has 0 aliphatic rings. The zero-order valence-electron chi connectivity index (χ0n) is 8.29. The number of aromatic hydroxyl groups is 1. The van der Waals surface area contributed by atoms with E-state index in [-0.39, 0.29) is 6.42 Å². The first-order valence-electron chi connectivity index (χ1n) is 4.43. The molecule has 1 aromatic carbocycles. The molecule has 1 rings (SSSR count). The fourth-order valence-corrected chi connectivity index (χ4v) is 1.25. The molecule has 0 radical (unpaired) electrons. The number of nitro benzene ring substituents is 1. The molecule has 7 heteroatoms. The number of phenolic OH excluding ortho intramolecular Hbond substituents is 1. The number of nitrogens with two attached hydrogens (primary N) is 2. The number of benzene rings is 1. The highest BCUT2D eigenvalue weighted by molar-refractivity contribution is 5.74. The van der Waals surface area contributed by atoms with Gasteiger partial charge in [0.1, 0.15) is 0 Å². The molecule has 0 heterocycles. The minimum Gasteiger partial charge on any atom is -0.502 e. The molecule has 1 amide bonds. The molecule has 1 unspecified atom stereocenters. The number of nitro groups is 1. The third-order valence-electron chi connectivity index (χ3n) is 2.05. The molecule has 0 bridgehead atoms. The van der Waals surface area contributed by atoms with Gasteiger partial charge in [0.25, 0.3) is 0 Å². The van der Waals surface area contributed by atoms with Crippen molar-refractivity contribution in [2.75, 3.05) is 0 Å². The van der Waals surface area contributed by atoms with Crippen LogP contribution in [0.1, 0.15) is 18.0 Å². The number of carbonyl (C=O) groups is 1. The molecule has 1 atom stereocenters. The Hall–Kier alpha value is -2.15. The first-order valence-corrected chi connectivity index (χ1v) is 4.43. The van der Waals surface area contributed by atoms with Crippen molar-refractivity contribution < 1.29 is 14.8 Å². The molecule has 0 fully saturated rings. The number of primary amides is 1. The van der Waals surface area contributed by atoms with E-state index in [1.807, 2.05) is 0 Å². The standard InChI is InChI=1S/C9H11N3O4/c10-6(4-9(11)14)5-1-2-8(13)7(3-5)12(15)16/h1-3,6,13H,4,10H2,(H2,11,14). The first kappa shape index (κ1) is 11.9. The topological polar surface area (TPSA) is 132 Å². The monoisotopic (exact) mass is 225 g/mol. The van der Waals surface area contributed by atoms with Crippen LogP contribution in [0, 0.1) is 10.1 Å². The Morgan fingerprint density at radius 1 is 1.56 bits per heavy atom. The van der Waals surface area contributed by atoms with E-state index in [9.17, 15) is 20.0 Å². The van der Waals surface area contributed by atoms with E-state index in [1.165, 1.54) is 6.07 Å². The van der Waals surface area contributed by atoms with E-state index in [4.69, 9.17) is 11.5 Å². The van der Waals surface area contributed by atoms with Crippen molar-refractivity contribution in [3.05, 3.63) is 33.9 Å². The van der Waals surface area contributed by atoms with Crippen molar-refractivity contribution in [3.8, 4) is 5.75 Å².